The Kier molecular flexibility index (Phi) is 5.08. The van der Waals surface area contributed by atoms with E-state index in [-0.39, 0.29) is 5.91 Å². The number of hydrogen-bond donors (Lipinski definition) is 2. The number of benzene rings is 1. The molecular weight excluding hydrogens is 244 g/mol. The largest absolute Gasteiger partial charge is 0.351 e. The van der Waals surface area contributed by atoms with Crippen molar-refractivity contribution in [3.63, 3.8) is 0 Å². The summed E-state index contributed by atoms with van der Waals surface area (Å²) in [5, 5.41) is 6.88. The molecule has 2 unspecified atom stereocenters. The average Bonchev–Trinajstić information content (AvgIpc) is 2.81. The predicted octanol–water partition coefficient (Wildman–Crippen LogP) is 1.79. The first-order chi connectivity index (χ1) is 8.75. The maximum atomic E-state index is 11.7. The van der Waals surface area contributed by atoms with E-state index in [1.807, 2.05) is 42.1 Å². The second-order valence-corrected chi connectivity index (χ2v) is 6.10. The minimum Gasteiger partial charge on any atom is -0.351 e. The SMILES string of the molecule is CC1SCCC1NCC(=O)NCc1ccccc1. The highest BCUT2D eigenvalue weighted by molar-refractivity contribution is 8.00. The Bertz CT molecular complexity index is 383. The first-order valence-corrected chi connectivity index (χ1v) is 7.46. The average molecular weight is 264 g/mol. The van der Waals surface area contributed by atoms with Crippen molar-refractivity contribution < 1.29 is 4.79 Å². The van der Waals surface area contributed by atoms with E-state index in [2.05, 4.69) is 17.6 Å². The number of thioether (sulfide) groups is 1. The van der Waals surface area contributed by atoms with Crippen molar-refractivity contribution in [3.05, 3.63) is 35.9 Å². The first-order valence-electron chi connectivity index (χ1n) is 6.41. The van der Waals surface area contributed by atoms with E-state index in [1.165, 1.54) is 5.75 Å². The summed E-state index contributed by atoms with van der Waals surface area (Å²) in [7, 11) is 0. The van der Waals surface area contributed by atoms with Crippen LogP contribution >= 0.6 is 11.8 Å². The molecule has 1 aromatic carbocycles. The third-order valence-electron chi connectivity index (χ3n) is 3.23. The van der Waals surface area contributed by atoms with Crippen molar-refractivity contribution in [2.75, 3.05) is 12.3 Å². The standard InChI is InChI=1S/C14H20N2OS/c1-11-13(7-8-18-11)15-10-14(17)16-9-12-5-3-2-4-6-12/h2-6,11,13,15H,7-10H2,1H3,(H,16,17). The molecule has 2 N–H and O–H groups in total. The fraction of sp³-hybridized carbons (Fsp3) is 0.500. The Morgan fingerprint density at radius 1 is 1.39 bits per heavy atom. The first kappa shape index (κ1) is 13.4. The zero-order valence-corrected chi connectivity index (χ0v) is 11.5. The zero-order valence-electron chi connectivity index (χ0n) is 10.7. The van der Waals surface area contributed by atoms with Crippen LogP contribution < -0.4 is 10.6 Å². The van der Waals surface area contributed by atoms with Gasteiger partial charge in [-0.25, -0.2) is 0 Å². The molecule has 0 bridgehead atoms. The van der Waals surface area contributed by atoms with Crippen LogP contribution in [0.5, 0.6) is 0 Å². The molecule has 1 aliphatic heterocycles. The summed E-state index contributed by atoms with van der Waals surface area (Å²) in [4.78, 5) is 11.7. The maximum absolute atomic E-state index is 11.7. The minimum absolute atomic E-state index is 0.0722. The van der Waals surface area contributed by atoms with Crippen molar-refractivity contribution in [1.82, 2.24) is 10.6 Å². The van der Waals surface area contributed by atoms with Crippen LogP contribution in [0, 0.1) is 0 Å². The highest BCUT2D eigenvalue weighted by atomic mass is 32.2. The molecule has 3 nitrogen and oxygen atoms in total. The molecule has 4 heteroatoms. The van der Waals surface area contributed by atoms with E-state index in [0.717, 1.165) is 12.0 Å². The summed E-state index contributed by atoms with van der Waals surface area (Å²) < 4.78 is 0. The number of carbonyl (C=O) groups excluding carboxylic acids is 1. The van der Waals surface area contributed by atoms with E-state index in [4.69, 9.17) is 0 Å². The summed E-state index contributed by atoms with van der Waals surface area (Å²) in [6.07, 6.45) is 1.16. The van der Waals surface area contributed by atoms with Gasteiger partial charge in [-0.05, 0) is 17.7 Å². The Morgan fingerprint density at radius 3 is 2.83 bits per heavy atom. The molecular formula is C14H20N2OS. The third kappa shape index (κ3) is 4.03. The Labute approximate surface area is 113 Å². The molecule has 1 amide bonds. The molecule has 98 valence electrons. The van der Waals surface area contributed by atoms with Gasteiger partial charge < -0.3 is 10.6 Å². The van der Waals surface area contributed by atoms with E-state index < -0.39 is 0 Å². The summed E-state index contributed by atoms with van der Waals surface area (Å²) in [5.74, 6) is 1.27. The number of rotatable bonds is 5. The summed E-state index contributed by atoms with van der Waals surface area (Å²) in [6.45, 7) is 3.25. The second kappa shape index (κ2) is 6.81. The fourth-order valence-corrected chi connectivity index (χ4v) is 3.31. The summed E-state index contributed by atoms with van der Waals surface area (Å²) in [5.41, 5.74) is 1.13. The zero-order chi connectivity index (χ0) is 12.8. The van der Waals surface area contributed by atoms with E-state index >= 15 is 0 Å². The molecule has 0 radical (unpaired) electrons. The normalized spacial score (nSPS) is 22.9. The molecule has 1 aromatic rings. The fourth-order valence-electron chi connectivity index (χ4n) is 2.08. The van der Waals surface area contributed by atoms with Crippen LogP contribution in [0.25, 0.3) is 0 Å². The van der Waals surface area contributed by atoms with Crippen LogP contribution in [0.4, 0.5) is 0 Å². The molecule has 2 rings (SSSR count). The number of amides is 1. The Balaban J connectivity index is 1.66. The van der Waals surface area contributed by atoms with E-state index in [9.17, 15) is 4.79 Å². The molecule has 1 saturated heterocycles. The molecule has 0 aliphatic carbocycles. The van der Waals surface area contributed by atoms with Gasteiger partial charge in [0.25, 0.3) is 0 Å². The van der Waals surface area contributed by atoms with Crippen molar-refractivity contribution >= 4 is 17.7 Å². The van der Waals surface area contributed by atoms with Gasteiger partial charge in [-0.2, -0.15) is 11.8 Å². The minimum atomic E-state index is 0.0722. The second-order valence-electron chi connectivity index (χ2n) is 4.61. The third-order valence-corrected chi connectivity index (χ3v) is 4.56. The van der Waals surface area contributed by atoms with E-state index in [0.29, 0.717) is 24.4 Å². The molecule has 0 aromatic heterocycles. The van der Waals surface area contributed by atoms with Gasteiger partial charge in [0.2, 0.25) is 5.91 Å². The molecule has 18 heavy (non-hydrogen) atoms. The van der Waals surface area contributed by atoms with Crippen LogP contribution in [0.3, 0.4) is 0 Å². The van der Waals surface area contributed by atoms with Crippen LogP contribution in [0.2, 0.25) is 0 Å². The lowest BCUT2D eigenvalue weighted by Gasteiger charge is -2.16. The Hall–Kier alpha value is -1.00. The lowest BCUT2D eigenvalue weighted by molar-refractivity contribution is -0.120. The number of hydrogen-bond acceptors (Lipinski definition) is 3. The van der Waals surface area contributed by atoms with Gasteiger partial charge in [0.15, 0.2) is 0 Å². The molecule has 0 spiro atoms. The van der Waals surface area contributed by atoms with Gasteiger partial charge in [-0.1, -0.05) is 37.3 Å². The van der Waals surface area contributed by atoms with Crippen LogP contribution in [0.15, 0.2) is 30.3 Å². The molecule has 1 fully saturated rings. The van der Waals surface area contributed by atoms with Gasteiger partial charge in [0.1, 0.15) is 0 Å². The van der Waals surface area contributed by atoms with Gasteiger partial charge in [-0.15, -0.1) is 0 Å². The van der Waals surface area contributed by atoms with E-state index in [1.54, 1.807) is 0 Å². The van der Waals surface area contributed by atoms with Crippen molar-refractivity contribution in [2.45, 2.75) is 31.2 Å². The van der Waals surface area contributed by atoms with Gasteiger partial charge in [0, 0.05) is 17.8 Å². The van der Waals surface area contributed by atoms with Gasteiger partial charge in [0.05, 0.1) is 6.54 Å². The van der Waals surface area contributed by atoms with Crippen LogP contribution in [-0.4, -0.2) is 29.5 Å². The summed E-state index contributed by atoms with van der Waals surface area (Å²) >= 11 is 1.97. The van der Waals surface area contributed by atoms with Crippen molar-refractivity contribution in [1.29, 1.82) is 0 Å². The Morgan fingerprint density at radius 2 is 2.17 bits per heavy atom. The highest BCUT2D eigenvalue weighted by Gasteiger charge is 2.23. The number of carbonyl (C=O) groups is 1. The van der Waals surface area contributed by atoms with Crippen LogP contribution in [-0.2, 0) is 11.3 Å². The molecule has 0 saturated carbocycles. The highest BCUT2D eigenvalue weighted by Crippen LogP contribution is 2.25. The van der Waals surface area contributed by atoms with Crippen molar-refractivity contribution in [3.8, 4) is 0 Å². The summed E-state index contributed by atoms with van der Waals surface area (Å²) in [6, 6.07) is 10.5. The topological polar surface area (TPSA) is 41.1 Å². The quantitative estimate of drug-likeness (QED) is 0.852. The monoisotopic (exact) mass is 264 g/mol. The molecule has 2 atom stereocenters. The molecule has 1 aliphatic rings. The lowest BCUT2D eigenvalue weighted by Crippen LogP contribution is -2.41. The smallest absolute Gasteiger partial charge is 0.234 e. The predicted molar refractivity (Wildman–Crippen MR) is 76.6 cm³/mol. The van der Waals surface area contributed by atoms with Crippen LogP contribution in [0.1, 0.15) is 18.9 Å². The van der Waals surface area contributed by atoms with Crippen molar-refractivity contribution in [2.24, 2.45) is 0 Å². The van der Waals surface area contributed by atoms with Gasteiger partial charge >= 0.3 is 0 Å². The maximum Gasteiger partial charge on any atom is 0.234 e. The lowest BCUT2D eigenvalue weighted by atomic mass is 10.2. The van der Waals surface area contributed by atoms with Gasteiger partial charge in [-0.3, -0.25) is 4.79 Å². The number of nitrogens with one attached hydrogen (secondary N) is 2. The molecule has 1 heterocycles.